The van der Waals surface area contributed by atoms with E-state index in [1.165, 1.54) is 18.2 Å². The molecule has 0 spiro atoms. The Hall–Kier alpha value is -1.000. The number of rotatable bonds is 2. The number of hydrogen-bond donors (Lipinski definition) is 0. The summed E-state index contributed by atoms with van der Waals surface area (Å²) in [6.07, 6.45) is 0. The summed E-state index contributed by atoms with van der Waals surface area (Å²) in [4.78, 5) is 14.0. The second-order valence-corrected chi connectivity index (χ2v) is 2.73. The molecule has 0 heterocycles. The van der Waals surface area contributed by atoms with Gasteiger partial charge in [-0.25, -0.2) is 0 Å². The van der Waals surface area contributed by atoms with Crippen LogP contribution in [-0.2, 0) is 0 Å². The summed E-state index contributed by atoms with van der Waals surface area (Å²) in [6.45, 7) is 0. The zero-order chi connectivity index (χ0) is 9.14. The molecule has 0 saturated heterocycles. The van der Waals surface area contributed by atoms with Gasteiger partial charge in [0, 0.05) is 5.02 Å². The Kier molecular flexibility index (Phi) is 2.73. The van der Waals surface area contributed by atoms with Gasteiger partial charge in [0.05, 0.1) is 5.02 Å². The molecule has 6 heteroatoms. The molecule has 4 nitrogen and oxygen atoms in total. The van der Waals surface area contributed by atoms with Crippen LogP contribution in [0.3, 0.4) is 0 Å². The second kappa shape index (κ2) is 3.60. The Bertz CT molecular complexity index is 316. The Labute approximate surface area is 77.8 Å². The van der Waals surface area contributed by atoms with Crippen molar-refractivity contribution in [3.8, 4) is 5.75 Å². The van der Waals surface area contributed by atoms with Gasteiger partial charge in [-0.3, -0.25) is 4.84 Å². The average molecular weight is 208 g/mol. The number of halogens is 2. The van der Waals surface area contributed by atoms with Gasteiger partial charge in [-0.1, -0.05) is 23.2 Å². The fourth-order valence-electron chi connectivity index (χ4n) is 0.630. The van der Waals surface area contributed by atoms with Crippen molar-refractivity contribution in [3.63, 3.8) is 0 Å². The number of benzene rings is 1. The SMILES string of the molecule is O=[N+]([O-])Oc1ccc(Cl)cc1Cl. The number of hydrogen-bond acceptors (Lipinski definition) is 3. The van der Waals surface area contributed by atoms with E-state index in [0.717, 1.165) is 0 Å². The van der Waals surface area contributed by atoms with E-state index in [-0.39, 0.29) is 10.8 Å². The van der Waals surface area contributed by atoms with Crippen LogP contribution in [0.1, 0.15) is 0 Å². The van der Waals surface area contributed by atoms with Gasteiger partial charge in [-0.05, 0) is 18.2 Å². The van der Waals surface area contributed by atoms with Gasteiger partial charge < -0.3 is 0 Å². The Morgan fingerprint density at radius 2 is 2.08 bits per heavy atom. The van der Waals surface area contributed by atoms with Gasteiger partial charge in [-0.15, -0.1) is 10.1 Å². The molecule has 0 amide bonds. The summed E-state index contributed by atoms with van der Waals surface area (Å²) in [5.41, 5.74) is 0. The summed E-state index contributed by atoms with van der Waals surface area (Å²) >= 11 is 11.1. The summed E-state index contributed by atoms with van der Waals surface area (Å²) in [7, 11) is 0. The van der Waals surface area contributed by atoms with Gasteiger partial charge in [0.2, 0.25) is 0 Å². The maximum atomic E-state index is 9.90. The molecule has 0 unspecified atom stereocenters. The van der Waals surface area contributed by atoms with Gasteiger partial charge in [0.15, 0.2) is 0 Å². The highest BCUT2D eigenvalue weighted by Gasteiger charge is 2.04. The first-order valence-electron chi connectivity index (χ1n) is 2.87. The summed E-state index contributed by atoms with van der Waals surface area (Å²) in [6, 6.07) is 4.14. The van der Waals surface area contributed by atoms with Crippen LogP contribution in [-0.4, -0.2) is 5.09 Å². The predicted molar refractivity (Wildman–Crippen MR) is 44.1 cm³/mol. The van der Waals surface area contributed by atoms with E-state index in [0.29, 0.717) is 5.02 Å². The van der Waals surface area contributed by atoms with E-state index in [4.69, 9.17) is 23.2 Å². The lowest BCUT2D eigenvalue weighted by molar-refractivity contribution is -0.711. The normalized spacial score (nSPS) is 9.50. The highest BCUT2D eigenvalue weighted by atomic mass is 35.5. The Morgan fingerprint density at radius 3 is 2.58 bits per heavy atom. The zero-order valence-electron chi connectivity index (χ0n) is 5.66. The molecule has 1 aromatic carbocycles. The van der Waals surface area contributed by atoms with Crippen molar-refractivity contribution in [2.75, 3.05) is 0 Å². The molecular weight excluding hydrogens is 205 g/mol. The van der Waals surface area contributed by atoms with Crippen LogP contribution >= 0.6 is 23.2 Å². The molecule has 0 saturated carbocycles. The van der Waals surface area contributed by atoms with E-state index < -0.39 is 5.09 Å². The van der Waals surface area contributed by atoms with Crippen LogP contribution in [0.4, 0.5) is 0 Å². The van der Waals surface area contributed by atoms with Crippen LogP contribution in [0.15, 0.2) is 18.2 Å². The quantitative estimate of drug-likeness (QED) is 0.554. The van der Waals surface area contributed by atoms with Gasteiger partial charge in [0.25, 0.3) is 5.09 Å². The number of nitrogens with zero attached hydrogens (tertiary/aromatic N) is 1. The molecule has 1 rings (SSSR count). The predicted octanol–water partition coefficient (Wildman–Crippen LogP) is 2.56. The van der Waals surface area contributed by atoms with Crippen LogP contribution in [0, 0.1) is 10.1 Å². The highest BCUT2D eigenvalue weighted by molar-refractivity contribution is 6.35. The van der Waals surface area contributed by atoms with Crippen molar-refractivity contribution in [3.05, 3.63) is 38.4 Å². The van der Waals surface area contributed by atoms with Crippen molar-refractivity contribution >= 4 is 23.2 Å². The van der Waals surface area contributed by atoms with Crippen LogP contribution in [0.2, 0.25) is 10.0 Å². The third-order valence-corrected chi connectivity index (χ3v) is 1.60. The van der Waals surface area contributed by atoms with Crippen LogP contribution in [0.25, 0.3) is 0 Å². The zero-order valence-corrected chi connectivity index (χ0v) is 7.17. The smallest absolute Gasteiger partial charge is 0.275 e. The Balaban J connectivity index is 2.93. The van der Waals surface area contributed by atoms with Gasteiger partial charge in [-0.2, -0.15) is 0 Å². The van der Waals surface area contributed by atoms with Crippen LogP contribution in [0.5, 0.6) is 5.75 Å². The molecule has 0 N–H and O–H groups in total. The lowest BCUT2D eigenvalue weighted by Crippen LogP contribution is -2.03. The molecule has 0 bridgehead atoms. The minimum Gasteiger partial charge on any atom is -0.275 e. The summed E-state index contributed by atoms with van der Waals surface area (Å²) < 4.78 is 0. The van der Waals surface area contributed by atoms with Crippen molar-refractivity contribution in [2.24, 2.45) is 0 Å². The molecule has 0 atom stereocenters. The minimum atomic E-state index is -0.935. The largest absolute Gasteiger partial charge is 0.299 e. The molecule has 0 aliphatic heterocycles. The molecule has 0 aliphatic carbocycles. The molecule has 64 valence electrons. The highest BCUT2D eigenvalue weighted by Crippen LogP contribution is 2.27. The first kappa shape index (κ1) is 9.09. The lowest BCUT2D eigenvalue weighted by Gasteiger charge is -2.00. The van der Waals surface area contributed by atoms with Crippen molar-refractivity contribution in [1.29, 1.82) is 0 Å². The van der Waals surface area contributed by atoms with E-state index in [1.54, 1.807) is 0 Å². The Morgan fingerprint density at radius 1 is 1.42 bits per heavy atom. The summed E-state index contributed by atoms with van der Waals surface area (Å²) in [5.74, 6) is -0.0222. The van der Waals surface area contributed by atoms with Crippen molar-refractivity contribution in [1.82, 2.24) is 0 Å². The molecule has 0 radical (unpaired) electrons. The van der Waals surface area contributed by atoms with E-state index >= 15 is 0 Å². The molecule has 1 aromatic rings. The second-order valence-electron chi connectivity index (χ2n) is 1.89. The maximum Gasteiger partial charge on any atom is 0.299 e. The molecule has 0 aromatic heterocycles. The van der Waals surface area contributed by atoms with Gasteiger partial charge in [0.1, 0.15) is 5.75 Å². The molecule has 0 fully saturated rings. The molecular formula is C6H3Cl2NO3. The van der Waals surface area contributed by atoms with E-state index in [2.05, 4.69) is 4.84 Å². The van der Waals surface area contributed by atoms with Gasteiger partial charge >= 0.3 is 0 Å². The first-order valence-corrected chi connectivity index (χ1v) is 3.62. The minimum absolute atomic E-state index is 0.0222. The van der Waals surface area contributed by atoms with Crippen molar-refractivity contribution in [2.45, 2.75) is 0 Å². The third-order valence-electron chi connectivity index (χ3n) is 1.07. The fourth-order valence-corrected chi connectivity index (χ4v) is 1.07. The maximum absolute atomic E-state index is 9.90. The lowest BCUT2D eigenvalue weighted by atomic mass is 10.3. The topological polar surface area (TPSA) is 52.4 Å². The summed E-state index contributed by atoms with van der Waals surface area (Å²) in [5, 5.41) is 9.47. The van der Waals surface area contributed by atoms with E-state index in [9.17, 15) is 10.1 Å². The standard InChI is InChI=1S/C6H3Cl2NO3/c7-4-1-2-6(5(8)3-4)12-9(10)11/h1-3H. The third kappa shape index (κ3) is 2.25. The first-order chi connectivity index (χ1) is 5.59. The van der Waals surface area contributed by atoms with E-state index in [1.807, 2.05) is 0 Å². The average Bonchev–Trinajstić information content (AvgIpc) is 1.94. The van der Waals surface area contributed by atoms with Crippen molar-refractivity contribution < 1.29 is 9.92 Å². The fraction of sp³-hybridized carbons (Fsp3) is 0. The van der Waals surface area contributed by atoms with Crippen LogP contribution < -0.4 is 4.84 Å². The monoisotopic (exact) mass is 207 g/mol. The molecule has 12 heavy (non-hydrogen) atoms. The molecule has 0 aliphatic rings.